The van der Waals surface area contributed by atoms with E-state index in [9.17, 15) is 5.26 Å². The number of nitrogens with zero attached hydrogens (tertiary/aromatic N) is 2. The summed E-state index contributed by atoms with van der Waals surface area (Å²) in [6.45, 7) is 2.33. The summed E-state index contributed by atoms with van der Waals surface area (Å²) in [6, 6.07) is 13.7. The fourth-order valence-electron chi connectivity index (χ4n) is 3.61. The summed E-state index contributed by atoms with van der Waals surface area (Å²) in [5.41, 5.74) is 0.984. The molecule has 2 aliphatic heterocycles. The van der Waals surface area contributed by atoms with E-state index in [0.717, 1.165) is 19.4 Å². The van der Waals surface area contributed by atoms with Gasteiger partial charge in [-0.25, -0.2) is 0 Å². The van der Waals surface area contributed by atoms with Crippen LogP contribution in [0.4, 0.5) is 0 Å². The third-order valence-electron chi connectivity index (χ3n) is 4.70. The Kier molecular flexibility index (Phi) is 3.09. The summed E-state index contributed by atoms with van der Waals surface area (Å²) in [6.07, 6.45) is 5.95. The van der Waals surface area contributed by atoms with Gasteiger partial charge in [0.05, 0.1) is 11.5 Å². The molecule has 0 radical (unpaired) electrons. The molecule has 3 rings (SSSR count). The number of rotatable bonds is 1. The van der Waals surface area contributed by atoms with Crippen molar-refractivity contribution in [2.24, 2.45) is 0 Å². The monoisotopic (exact) mass is 240 g/mol. The summed E-state index contributed by atoms with van der Waals surface area (Å²) >= 11 is 0. The lowest BCUT2D eigenvalue weighted by Crippen LogP contribution is -2.50. The van der Waals surface area contributed by atoms with Crippen LogP contribution in [0.25, 0.3) is 0 Å². The first-order valence-corrected chi connectivity index (χ1v) is 7.05. The SMILES string of the molecule is N#C[C@]1(c2ccccc2)CCN2CCCC[C@@H]2C1. The zero-order chi connectivity index (χ0) is 12.4. The molecule has 0 aromatic heterocycles. The number of hydrogen-bond donors (Lipinski definition) is 0. The van der Waals surface area contributed by atoms with Crippen molar-refractivity contribution < 1.29 is 0 Å². The van der Waals surface area contributed by atoms with Gasteiger partial charge in [0, 0.05) is 12.6 Å². The summed E-state index contributed by atoms with van der Waals surface area (Å²) in [7, 11) is 0. The van der Waals surface area contributed by atoms with Crippen LogP contribution in [-0.2, 0) is 5.41 Å². The molecule has 94 valence electrons. The van der Waals surface area contributed by atoms with Gasteiger partial charge in [-0.05, 0) is 37.8 Å². The van der Waals surface area contributed by atoms with Crippen LogP contribution >= 0.6 is 0 Å². The van der Waals surface area contributed by atoms with E-state index in [-0.39, 0.29) is 5.41 Å². The molecule has 0 saturated carbocycles. The van der Waals surface area contributed by atoms with Crippen LogP contribution in [0.15, 0.2) is 30.3 Å². The summed E-state index contributed by atoms with van der Waals surface area (Å²) in [5.74, 6) is 0. The third-order valence-corrected chi connectivity index (χ3v) is 4.70. The lowest BCUT2D eigenvalue weighted by molar-refractivity contribution is 0.0798. The van der Waals surface area contributed by atoms with Gasteiger partial charge in [-0.2, -0.15) is 5.26 Å². The van der Waals surface area contributed by atoms with Crippen LogP contribution in [0.5, 0.6) is 0 Å². The second-order valence-corrected chi connectivity index (χ2v) is 5.70. The maximum Gasteiger partial charge on any atom is 0.0849 e. The van der Waals surface area contributed by atoms with Gasteiger partial charge in [0.25, 0.3) is 0 Å². The first kappa shape index (κ1) is 11.7. The minimum Gasteiger partial charge on any atom is -0.300 e. The number of hydrogen-bond acceptors (Lipinski definition) is 2. The molecule has 2 aliphatic rings. The Morgan fingerprint density at radius 3 is 2.78 bits per heavy atom. The Morgan fingerprint density at radius 1 is 1.17 bits per heavy atom. The van der Waals surface area contributed by atoms with Crippen LogP contribution in [-0.4, -0.2) is 24.0 Å². The highest BCUT2D eigenvalue weighted by Gasteiger charge is 2.41. The van der Waals surface area contributed by atoms with Crippen molar-refractivity contribution in [3.8, 4) is 6.07 Å². The van der Waals surface area contributed by atoms with Crippen LogP contribution in [0.2, 0.25) is 0 Å². The molecule has 2 fully saturated rings. The van der Waals surface area contributed by atoms with Crippen LogP contribution < -0.4 is 0 Å². The van der Waals surface area contributed by atoms with E-state index >= 15 is 0 Å². The normalized spacial score (nSPS) is 32.5. The first-order chi connectivity index (χ1) is 8.84. The average molecular weight is 240 g/mol. The zero-order valence-corrected chi connectivity index (χ0v) is 10.8. The minimum absolute atomic E-state index is 0.236. The van der Waals surface area contributed by atoms with Crippen LogP contribution in [0.1, 0.15) is 37.7 Å². The van der Waals surface area contributed by atoms with E-state index in [1.807, 2.05) is 6.07 Å². The van der Waals surface area contributed by atoms with E-state index in [0.29, 0.717) is 6.04 Å². The largest absolute Gasteiger partial charge is 0.300 e. The zero-order valence-electron chi connectivity index (χ0n) is 10.8. The minimum atomic E-state index is -0.236. The van der Waals surface area contributed by atoms with E-state index in [2.05, 4.69) is 35.2 Å². The lowest BCUT2D eigenvalue weighted by Gasteiger charge is -2.46. The standard InChI is InChI=1S/C16H20N2/c17-13-16(14-6-2-1-3-7-14)9-11-18-10-5-4-8-15(18)12-16/h1-3,6-7,15H,4-5,8-12H2/t15-,16+/m1/s1. The molecular formula is C16H20N2. The topological polar surface area (TPSA) is 27.0 Å². The second-order valence-electron chi connectivity index (χ2n) is 5.70. The molecule has 18 heavy (non-hydrogen) atoms. The Balaban J connectivity index is 1.88. The summed E-state index contributed by atoms with van der Waals surface area (Å²) < 4.78 is 0. The van der Waals surface area contributed by atoms with Gasteiger partial charge < -0.3 is 4.90 Å². The van der Waals surface area contributed by atoms with E-state index < -0.39 is 0 Å². The molecule has 2 saturated heterocycles. The Bertz CT molecular complexity index is 448. The van der Waals surface area contributed by atoms with E-state index in [1.54, 1.807) is 0 Å². The Morgan fingerprint density at radius 2 is 2.00 bits per heavy atom. The molecule has 0 N–H and O–H groups in total. The van der Waals surface area contributed by atoms with Crippen molar-refractivity contribution in [3.63, 3.8) is 0 Å². The molecule has 1 aromatic rings. The van der Waals surface area contributed by atoms with Gasteiger partial charge >= 0.3 is 0 Å². The van der Waals surface area contributed by atoms with Gasteiger partial charge in [0.2, 0.25) is 0 Å². The van der Waals surface area contributed by atoms with Crippen molar-refractivity contribution in [1.82, 2.24) is 4.90 Å². The smallest absolute Gasteiger partial charge is 0.0849 e. The van der Waals surface area contributed by atoms with Crippen molar-refractivity contribution in [2.75, 3.05) is 13.1 Å². The molecule has 0 spiro atoms. The number of benzene rings is 1. The van der Waals surface area contributed by atoms with Gasteiger partial charge in [0.15, 0.2) is 0 Å². The van der Waals surface area contributed by atoms with Crippen molar-refractivity contribution in [3.05, 3.63) is 35.9 Å². The molecule has 1 aromatic carbocycles. The quantitative estimate of drug-likeness (QED) is 0.754. The highest BCUT2D eigenvalue weighted by atomic mass is 15.2. The second kappa shape index (κ2) is 4.74. The van der Waals surface area contributed by atoms with Crippen molar-refractivity contribution >= 4 is 0 Å². The highest BCUT2D eigenvalue weighted by molar-refractivity contribution is 5.33. The molecule has 0 aliphatic carbocycles. The van der Waals surface area contributed by atoms with Crippen molar-refractivity contribution in [1.29, 1.82) is 5.26 Å². The predicted octanol–water partition coefficient (Wildman–Crippen LogP) is 3.10. The molecule has 0 unspecified atom stereocenters. The highest BCUT2D eigenvalue weighted by Crippen LogP contribution is 2.40. The summed E-state index contributed by atoms with van der Waals surface area (Å²) in [4.78, 5) is 2.60. The fraction of sp³-hybridized carbons (Fsp3) is 0.562. The Labute approximate surface area is 109 Å². The van der Waals surface area contributed by atoms with Gasteiger partial charge in [0.1, 0.15) is 0 Å². The number of piperidine rings is 2. The third kappa shape index (κ3) is 1.93. The first-order valence-electron chi connectivity index (χ1n) is 7.05. The maximum atomic E-state index is 9.72. The summed E-state index contributed by atoms with van der Waals surface area (Å²) in [5, 5.41) is 9.72. The Hall–Kier alpha value is -1.33. The number of nitriles is 1. The molecule has 2 heteroatoms. The fourth-order valence-corrected chi connectivity index (χ4v) is 3.61. The molecular weight excluding hydrogens is 220 g/mol. The molecule has 2 atom stereocenters. The van der Waals surface area contributed by atoms with E-state index in [4.69, 9.17) is 0 Å². The average Bonchev–Trinajstić information content (AvgIpc) is 2.47. The van der Waals surface area contributed by atoms with Crippen LogP contribution in [0.3, 0.4) is 0 Å². The molecule has 2 heterocycles. The number of fused-ring (bicyclic) bond motifs is 1. The van der Waals surface area contributed by atoms with Crippen molar-refractivity contribution in [2.45, 2.75) is 43.6 Å². The molecule has 0 bridgehead atoms. The molecule has 2 nitrogen and oxygen atoms in total. The van der Waals surface area contributed by atoms with Gasteiger partial charge in [-0.1, -0.05) is 36.8 Å². The van der Waals surface area contributed by atoms with Gasteiger partial charge in [-0.3, -0.25) is 0 Å². The lowest BCUT2D eigenvalue weighted by atomic mass is 9.70. The maximum absolute atomic E-state index is 9.72. The van der Waals surface area contributed by atoms with Gasteiger partial charge in [-0.15, -0.1) is 0 Å². The molecule has 0 amide bonds. The van der Waals surface area contributed by atoms with E-state index in [1.165, 1.54) is 31.4 Å². The predicted molar refractivity (Wildman–Crippen MR) is 72.2 cm³/mol. The van der Waals surface area contributed by atoms with Crippen LogP contribution in [0, 0.1) is 11.3 Å².